The maximum Gasteiger partial charge on any atom is 0.408 e. The average molecular weight is 416 g/mol. The molecule has 0 aliphatic rings. The third-order valence-corrected chi connectivity index (χ3v) is 3.77. The summed E-state index contributed by atoms with van der Waals surface area (Å²) in [6.45, 7) is 11.4. The van der Waals surface area contributed by atoms with Gasteiger partial charge in [-0.2, -0.15) is 0 Å². The summed E-state index contributed by atoms with van der Waals surface area (Å²) in [5, 5.41) is 10.5. The second kappa shape index (κ2) is 12.8. The van der Waals surface area contributed by atoms with Gasteiger partial charge < -0.3 is 31.7 Å². The highest BCUT2D eigenvalue weighted by atomic mass is 16.6. The summed E-state index contributed by atoms with van der Waals surface area (Å²) in [5.41, 5.74) is 4.33. The number of primary amides is 1. The summed E-state index contributed by atoms with van der Waals surface area (Å²) in [7, 11) is 0. The number of urea groups is 1. The molecule has 0 spiro atoms. The predicted molar refractivity (Wildman–Crippen MR) is 110 cm³/mol. The van der Waals surface area contributed by atoms with Crippen molar-refractivity contribution in [3.05, 3.63) is 0 Å². The predicted octanol–water partition coefficient (Wildman–Crippen LogP) is 0.995. The lowest BCUT2D eigenvalue weighted by molar-refractivity contribution is -0.130. The van der Waals surface area contributed by atoms with Crippen molar-refractivity contribution in [2.24, 2.45) is 11.7 Å². The van der Waals surface area contributed by atoms with Crippen LogP contribution in [0.3, 0.4) is 0 Å². The molecule has 0 saturated heterocycles. The number of amides is 5. The quantitative estimate of drug-likeness (QED) is 0.319. The summed E-state index contributed by atoms with van der Waals surface area (Å²) in [6, 6.07) is -2.32. The molecule has 0 rings (SSSR count). The number of carbonyl (C=O) groups excluding carboxylic acids is 4. The van der Waals surface area contributed by atoms with Crippen LogP contribution in [0.2, 0.25) is 0 Å². The summed E-state index contributed by atoms with van der Waals surface area (Å²) in [4.78, 5) is 48.0. The molecule has 0 unspecified atom stereocenters. The zero-order valence-electron chi connectivity index (χ0n) is 18.4. The number of alkyl carbamates (subject to hydrolysis) is 1. The van der Waals surface area contributed by atoms with Crippen LogP contribution in [0.25, 0.3) is 0 Å². The first-order chi connectivity index (χ1) is 13.4. The molecule has 0 aromatic rings. The van der Waals surface area contributed by atoms with Gasteiger partial charge in [0, 0.05) is 13.1 Å². The minimum Gasteiger partial charge on any atom is -0.444 e. The molecule has 0 aromatic carbocycles. The van der Waals surface area contributed by atoms with Gasteiger partial charge in [-0.3, -0.25) is 9.59 Å². The van der Waals surface area contributed by atoms with Crippen LogP contribution in [-0.2, 0) is 14.3 Å². The van der Waals surface area contributed by atoms with E-state index in [-0.39, 0.29) is 18.4 Å². The largest absolute Gasteiger partial charge is 0.444 e. The first-order valence-electron chi connectivity index (χ1n) is 9.98. The molecule has 0 aliphatic heterocycles. The van der Waals surface area contributed by atoms with Crippen molar-refractivity contribution in [3.63, 3.8) is 0 Å². The average Bonchev–Trinajstić information content (AvgIpc) is 2.57. The molecular weight excluding hydrogens is 378 g/mol. The smallest absolute Gasteiger partial charge is 0.408 e. The van der Waals surface area contributed by atoms with E-state index < -0.39 is 35.7 Å². The van der Waals surface area contributed by atoms with E-state index in [0.29, 0.717) is 19.4 Å². The molecule has 10 heteroatoms. The van der Waals surface area contributed by atoms with Crippen molar-refractivity contribution in [1.82, 2.24) is 21.3 Å². The first kappa shape index (κ1) is 26.5. The molecule has 5 amide bonds. The molecule has 29 heavy (non-hydrogen) atoms. The molecule has 0 saturated carbocycles. The van der Waals surface area contributed by atoms with Crippen LogP contribution in [0, 0.1) is 5.92 Å². The number of hydrogen-bond acceptors (Lipinski definition) is 5. The minimum atomic E-state index is -0.866. The van der Waals surface area contributed by atoms with Gasteiger partial charge >= 0.3 is 12.1 Å². The van der Waals surface area contributed by atoms with Gasteiger partial charge in [-0.25, -0.2) is 9.59 Å². The Balaban J connectivity index is 5.06. The molecule has 2 atom stereocenters. The van der Waals surface area contributed by atoms with E-state index in [2.05, 4.69) is 21.3 Å². The molecule has 0 aromatic heterocycles. The molecule has 0 aliphatic carbocycles. The second-order valence-electron chi connectivity index (χ2n) is 8.15. The Hall–Kier alpha value is -2.52. The highest BCUT2D eigenvalue weighted by molar-refractivity contribution is 5.91. The summed E-state index contributed by atoms with van der Waals surface area (Å²) in [5.74, 6) is -1.03. The highest BCUT2D eigenvalue weighted by Crippen LogP contribution is 2.09. The van der Waals surface area contributed by atoms with E-state index in [9.17, 15) is 19.2 Å². The van der Waals surface area contributed by atoms with E-state index in [0.717, 1.165) is 6.42 Å². The lowest BCUT2D eigenvalue weighted by Crippen LogP contribution is -2.56. The van der Waals surface area contributed by atoms with Gasteiger partial charge in [0.05, 0.1) is 0 Å². The summed E-state index contributed by atoms with van der Waals surface area (Å²) < 4.78 is 5.21. The van der Waals surface area contributed by atoms with Gasteiger partial charge in [0.1, 0.15) is 17.7 Å². The number of rotatable bonds is 11. The van der Waals surface area contributed by atoms with Crippen LogP contribution in [0.15, 0.2) is 0 Å². The van der Waals surface area contributed by atoms with Crippen molar-refractivity contribution < 1.29 is 23.9 Å². The summed E-state index contributed by atoms with van der Waals surface area (Å²) >= 11 is 0. The molecule has 0 fully saturated rings. The maximum atomic E-state index is 12.8. The lowest BCUT2D eigenvalue weighted by Gasteiger charge is -2.27. The van der Waals surface area contributed by atoms with Crippen molar-refractivity contribution in [2.75, 3.05) is 13.1 Å². The number of hydrogen-bond donors (Lipinski definition) is 5. The zero-order chi connectivity index (χ0) is 22.6. The van der Waals surface area contributed by atoms with Crippen LogP contribution in [0.1, 0.15) is 60.8 Å². The van der Waals surface area contributed by atoms with E-state index >= 15 is 0 Å². The van der Waals surface area contributed by atoms with Crippen molar-refractivity contribution in [2.45, 2.75) is 78.5 Å². The van der Waals surface area contributed by atoms with Crippen molar-refractivity contribution >= 4 is 23.9 Å². The highest BCUT2D eigenvalue weighted by Gasteiger charge is 2.30. The van der Waals surface area contributed by atoms with E-state index in [1.54, 1.807) is 34.6 Å². The Morgan fingerprint density at radius 1 is 0.966 bits per heavy atom. The van der Waals surface area contributed by atoms with Crippen LogP contribution in [0.5, 0.6) is 0 Å². The van der Waals surface area contributed by atoms with Crippen LogP contribution >= 0.6 is 0 Å². The van der Waals surface area contributed by atoms with Gasteiger partial charge in [0.15, 0.2) is 0 Å². The van der Waals surface area contributed by atoms with Crippen molar-refractivity contribution in [1.29, 1.82) is 0 Å². The fourth-order valence-corrected chi connectivity index (χ4v) is 2.39. The fourth-order valence-electron chi connectivity index (χ4n) is 2.39. The molecular formula is C19H37N5O5. The first-order valence-corrected chi connectivity index (χ1v) is 9.98. The van der Waals surface area contributed by atoms with E-state index in [1.807, 2.05) is 6.92 Å². The van der Waals surface area contributed by atoms with Crippen LogP contribution in [0.4, 0.5) is 9.59 Å². The molecule has 6 N–H and O–H groups in total. The SMILES string of the molecule is CCCNC(=O)[C@H](CCCNC(N)=O)NC(=O)[C@@H](NC(=O)OC(C)(C)C)C(C)C. The lowest BCUT2D eigenvalue weighted by atomic mass is 10.0. The van der Waals surface area contributed by atoms with E-state index in [1.165, 1.54) is 0 Å². The van der Waals surface area contributed by atoms with Crippen molar-refractivity contribution in [3.8, 4) is 0 Å². The Morgan fingerprint density at radius 3 is 2.07 bits per heavy atom. The Kier molecular flexibility index (Phi) is 11.7. The molecule has 0 radical (unpaired) electrons. The fraction of sp³-hybridized carbons (Fsp3) is 0.789. The normalized spacial score (nSPS) is 13.2. The Morgan fingerprint density at radius 2 is 1.59 bits per heavy atom. The van der Waals surface area contributed by atoms with Gasteiger partial charge in [0.2, 0.25) is 11.8 Å². The number of carbonyl (C=O) groups is 4. The molecule has 0 heterocycles. The van der Waals surface area contributed by atoms with Crippen LogP contribution < -0.4 is 27.0 Å². The monoisotopic (exact) mass is 415 g/mol. The topological polar surface area (TPSA) is 152 Å². The van der Waals surface area contributed by atoms with E-state index in [4.69, 9.17) is 10.5 Å². The molecule has 10 nitrogen and oxygen atoms in total. The van der Waals surface area contributed by atoms with Gasteiger partial charge in [-0.1, -0.05) is 20.8 Å². The standard InChI is InChI=1S/C19H37N5O5/c1-7-10-21-15(25)13(9-8-11-22-17(20)27)23-16(26)14(12(2)3)24-18(28)29-19(4,5)6/h12-14H,7-11H2,1-6H3,(H,21,25)(H,23,26)(H,24,28)(H3,20,22,27)/t13-,14-/m0/s1. The third-order valence-electron chi connectivity index (χ3n) is 3.77. The Bertz CT molecular complexity index is 560. The van der Waals surface area contributed by atoms with Crippen LogP contribution in [-0.4, -0.2) is 54.7 Å². The maximum absolute atomic E-state index is 12.8. The molecule has 0 bridgehead atoms. The van der Waals surface area contributed by atoms with Gasteiger partial charge in [0.25, 0.3) is 0 Å². The summed E-state index contributed by atoms with van der Waals surface area (Å²) in [6.07, 6.45) is 0.798. The second-order valence-corrected chi connectivity index (χ2v) is 8.15. The zero-order valence-corrected chi connectivity index (χ0v) is 18.4. The number of ether oxygens (including phenoxy) is 1. The number of nitrogens with one attached hydrogen (secondary N) is 4. The minimum absolute atomic E-state index is 0.224. The van der Waals surface area contributed by atoms with Gasteiger partial charge in [-0.05, 0) is 46.0 Å². The van der Waals surface area contributed by atoms with Gasteiger partial charge in [-0.15, -0.1) is 0 Å². The third kappa shape index (κ3) is 12.5. The number of nitrogens with two attached hydrogens (primary N) is 1. The molecule has 168 valence electrons. The Labute approximate surface area is 173 Å².